The van der Waals surface area contributed by atoms with E-state index in [9.17, 15) is 0 Å². The van der Waals surface area contributed by atoms with E-state index in [4.69, 9.17) is 0 Å². The molecule has 2 rings (SSSR count). The molecule has 0 spiro atoms. The van der Waals surface area contributed by atoms with E-state index in [-0.39, 0.29) is 0 Å². The molecule has 0 unspecified atom stereocenters. The van der Waals surface area contributed by atoms with Crippen LogP contribution in [-0.2, 0) is 0 Å². The summed E-state index contributed by atoms with van der Waals surface area (Å²) in [6.45, 7) is 8.83. The number of piperazine rings is 1. The maximum Gasteiger partial charge on any atom is 0.0303 e. The summed E-state index contributed by atoms with van der Waals surface area (Å²) in [5.41, 5.74) is 1.54. The van der Waals surface area contributed by atoms with Crippen LogP contribution in [0.25, 0.3) is 0 Å². The Morgan fingerprint density at radius 2 is 1.73 bits per heavy atom. The van der Waals surface area contributed by atoms with Gasteiger partial charge in [0.25, 0.3) is 0 Å². The minimum atomic E-state index is 1.20. The van der Waals surface area contributed by atoms with Gasteiger partial charge in [0.1, 0.15) is 0 Å². The van der Waals surface area contributed by atoms with Crippen LogP contribution in [0.4, 0.5) is 0 Å². The zero-order valence-electron chi connectivity index (χ0n) is 10.4. The zero-order valence-corrected chi connectivity index (χ0v) is 10.4. The smallest absolute Gasteiger partial charge is 0.0303 e. The van der Waals surface area contributed by atoms with Crippen LogP contribution in [-0.4, -0.2) is 43.0 Å². The van der Waals surface area contributed by atoms with Gasteiger partial charge in [-0.15, -0.1) is 0 Å². The normalized spacial score (nSPS) is 21.8. The molecular formula is C13H24N2. The van der Waals surface area contributed by atoms with E-state index >= 15 is 0 Å². The van der Waals surface area contributed by atoms with Crippen LogP contribution in [0.1, 0.15) is 26.7 Å². The third kappa shape index (κ3) is 3.71. The standard InChI is InChI=1S/C11H18N2.C2H6/c1-12-7-9-13(10-8-12)11-5-3-2-4-6-11;1-2/h2-3,5H,4,6-10H2,1H3;1-2H3. The predicted octanol–water partition coefficient (Wildman–Crippen LogP) is 2.49. The summed E-state index contributed by atoms with van der Waals surface area (Å²) >= 11 is 0. The Balaban J connectivity index is 0.000000531. The average Bonchev–Trinajstić information content (AvgIpc) is 2.34. The fourth-order valence-electron chi connectivity index (χ4n) is 1.95. The van der Waals surface area contributed by atoms with Gasteiger partial charge in [-0.2, -0.15) is 0 Å². The molecule has 0 amide bonds. The van der Waals surface area contributed by atoms with Crippen LogP contribution in [0, 0.1) is 0 Å². The van der Waals surface area contributed by atoms with Gasteiger partial charge in [0.15, 0.2) is 0 Å². The molecule has 0 bridgehead atoms. The lowest BCUT2D eigenvalue weighted by atomic mass is 10.1. The highest BCUT2D eigenvalue weighted by Crippen LogP contribution is 2.17. The van der Waals surface area contributed by atoms with Gasteiger partial charge in [0.05, 0.1) is 0 Å². The molecule has 0 aromatic heterocycles. The van der Waals surface area contributed by atoms with Gasteiger partial charge in [-0.3, -0.25) is 0 Å². The van der Waals surface area contributed by atoms with Gasteiger partial charge < -0.3 is 9.80 Å². The third-order valence-corrected chi connectivity index (χ3v) is 2.90. The highest BCUT2D eigenvalue weighted by Gasteiger charge is 2.15. The van der Waals surface area contributed by atoms with Crippen molar-refractivity contribution in [1.29, 1.82) is 0 Å². The second kappa shape index (κ2) is 6.67. The van der Waals surface area contributed by atoms with Crippen LogP contribution in [0.3, 0.4) is 0 Å². The molecule has 0 saturated carbocycles. The van der Waals surface area contributed by atoms with E-state index in [1.165, 1.54) is 44.7 Å². The second-order valence-corrected chi connectivity index (χ2v) is 3.92. The average molecular weight is 208 g/mol. The maximum atomic E-state index is 2.53. The highest BCUT2D eigenvalue weighted by molar-refractivity contribution is 5.17. The Morgan fingerprint density at radius 3 is 2.27 bits per heavy atom. The molecule has 2 heteroatoms. The third-order valence-electron chi connectivity index (χ3n) is 2.90. The first kappa shape index (κ1) is 12.3. The van der Waals surface area contributed by atoms with E-state index in [1.807, 2.05) is 13.8 Å². The van der Waals surface area contributed by atoms with E-state index in [1.54, 1.807) is 0 Å². The highest BCUT2D eigenvalue weighted by atomic mass is 15.2. The number of hydrogen-bond acceptors (Lipinski definition) is 2. The molecule has 15 heavy (non-hydrogen) atoms. The van der Waals surface area contributed by atoms with Crippen molar-refractivity contribution in [3.05, 3.63) is 23.9 Å². The SMILES string of the molecule is CC.CN1CCN(C2=CC=CCC2)CC1. The first-order chi connectivity index (χ1) is 7.36. The fourth-order valence-corrected chi connectivity index (χ4v) is 1.95. The van der Waals surface area contributed by atoms with Gasteiger partial charge in [-0.1, -0.05) is 26.0 Å². The van der Waals surface area contributed by atoms with Gasteiger partial charge in [-0.05, 0) is 26.0 Å². The topological polar surface area (TPSA) is 6.48 Å². The number of rotatable bonds is 1. The molecule has 86 valence electrons. The summed E-state index contributed by atoms with van der Waals surface area (Å²) in [5, 5.41) is 0. The van der Waals surface area contributed by atoms with Crippen molar-refractivity contribution in [3.8, 4) is 0 Å². The number of hydrogen-bond donors (Lipinski definition) is 0. The summed E-state index contributed by atoms with van der Waals surface area (Å²) in [4.78, 5) is 4.93. The predicted molar refractivity (Wildman–Crippen MR) is 66.9 cm³/mol. The quantitative estimate of drug-likeness (QED) is 0.653. The summed E-state index contributed by atoms with van der Waals surface area (Å²) < 4.78 is 0. The number of likely N-dealkylation sites (N-methyl/N-ethyl adjacent to an activating group) is 1. The van der Waals surface area contributed by atoms with E-state index < -0.39 is 0 Å². The van der Waals surface area contributed by atoms with Crippen molar-refractivity contribution in [2.24, 2.45) is 0 Å². The van der Waals surface area contributed by atoms with Crippen LogP contribution < -0.4 is 0 Å². The Labute approximate surface area is 94.3 Å². The molecule has 2 aliphatic rings. The Hall–Kier alpha value is -0.760. The van der Waals surface area contributed by atoms with E-state index in [0.29, 0.717) is 0 Å². The Morgan fingerprint density at radius 1 is 1.07 bits per heavy atom. The zero-order chi connectivity index (χ0) is 11.1. The second-order valence-electron chi connectivity index (χ2n) is 3.92. The van der Waals surface area contributed by atoms with E-state index in [2.05, 4.69) is 35.1 Å². The van der Waals surface area contributed by atoms with Crippen LogP contribution >= 0.6 is 0 Å². The van der Waals surface area contributed by atoms with Gasteiger partial charge in [-0.25, -0.2) is 0 Å². The monoisotopic (exact) mass is 208 g/mol. The molecule has 2 nitrogen and oxygen atoms in total. The lowest BCUT2D eigenvalue weighted by Crippen LogP contribution is -2.43. The van der Waals surface area contributed by atoms with Crippen molar-refractivity contribution in [3.63, 3.8) is 0 Å². The van der Waals surface area contributed by atoms with Gasteiger partial charge in [0, 0.05) is 31.9 Å². The van der Waals surface area contributed by atoms with Crippen molar-refractivity contribution < 1.29 is 0 Å². The Kier molecular flexibility index (Phi) is 5.48. The lowest BCUT2D eigenvalue weighted by molar-refractivity contribution is 0.182. The Bertz CT molecular complexity index is 223. The lowest BCUT2D eigenvalue weighted by Gasteiger charge is -2.36. The molecule has 1 fully saturated rings. The first-order valence-electron chi connectivity index (χ1n) is 6.15. The van der Waals surface area contributed by atoms with Crippen LogP contribution in [0.2, 0.25) is 0 Å². The van der Waals surface area contributed by atoms with Crippen LogP contribution in [0.5, 0.6) is 0 Å². The van der Waals surface area contributed by atoms with Crippen LogP contribution in [0.15, 0.2) is 23.9 Å². The van der Waals surface area contributed by atoms with Crippen molar-refractivity contribution in [2.45, 2.75) is 26.7 Å². The molecule has 1 saturated heterocycles. The molecular weight excluding hydrogens is 184 g/mol. The fraction of sp³-hybridized carbons (Fsp3) is 0.692. The first-order valence-corrected chi connectivity index (χ1v) is 6.15. The summed E-state index contributed by atoms with van der Waals surface area (Å²) in [6.07, 6.45) is 9.17. The number of allylic oxidation sites excluding steroid dienone is 4. The molecule has 0 aromatic carbocycles. The van der Waals surface area contributed by atoms with Crippen molar-refractivity contribution in [2.75, 3.05) is 33.2 Å². The minimum absolute atomic E-state index is 1.20. The van der Waals surface area contributed by atoms with Crippen molar-refractivity contribution >= 4 is 0 Å². The number of nitrogens with zero attached hydrogens (tertiary/aromatic N) is 2. The van der Waals surface area contributed by atoms with Gasteiger partial charge >= 0.3 is 0 Å². The molecule has 1 aliphatic carbocycles. The molecule has 1 aliphatic heterocycles. The summed E-state index contributed by atoms with van der Waals surface area (Å²) in [7, 11) is 2.20. The molecule has 0 N–H and O–H groups in total. The largest absolute Gasteiger partial charge is 0.372 e. The van der Waals surface area contributed by atoms with Crippen molar-refractivity contribution in [1.82, 2.24) is 9.80 Å². The van der Waals surface area contributed by atoms with Gasteiger partial charge in [0.2, 0.25) is 0 Å². The van der Waals surface area contributed by atoms with E-state index in [0.717, 1.165) is 0 Å². The molecule has 1 heterocycles. The summed E-state index contributed by atoms with van der Waals surface area (Å²) in [5.74, 6) is 0. The minimum Gasteiger partial charge on any atom is -0.372 e. The molecule has 0 aromatic rings. The maximum absolute atomic E-state index is 2.53. The molecule has 0 atom stereocenters. The summed E-state index contributed by atoms with van der Waals surface area (Å²) in [6, 6.07) is 0. The molecule has 0 radical (unpaired) electrons.